The number of rotatable bonds is 27. The second-order valence-electron chi connectivity index (χ2n) is 16.5. The molecule has 18 heteroatoms. The van der Waals surface area contributed by atoms with Crippen molar-refractivity contribution in [2.75, 3.05) is 25.6 Å². The minimum Gasteiger partial charge on any atom is -0.497 e. The first-order valence-corrected chi connectivity index (χ1v) is 21.8. The Labute approximate surface area is 359 Å². The van der Waals surface area contributed by atoms with Crippen LogP contribution >= 0.6 is 0 Å². The summed E-state index contributed by atoms with van der Waals surface area (Å²) in [6.07, 6.45) is -13.6. The first-order valence-electron chi connectivity index (χ1n) is 21.8. The molecule has 9 N–H and O–H groups in total. The van der Waals surface area contributed by atoms with E-state index in [1.165, 1.54) is 21.0 Å². The van der Waals surface area contributed by atoms with Gasteiger partial charge in [-0.25, -0.2) is 0 Å². The maximum Gasteiger partial charge on any atom is 0.308 e. The minimum atomic E-state index is -1.92. The molecule has 2 fully saturated rings. The standard InChI is InChI=1S/C43H73NO17/c1-7-15-28(46)16-13-11-9-8-10-12-14-17-32(48)59-40-39(61-42-37(53)36(52)33(49)25(4)56-42)38(60-41(54)24(2)3)26(5)57-43(40)58-31(35(51)34(50)30(47)23-45)22-44-27-18-20-29(55-6)21-19-27/h18-21,24-26,28,30-31,33-40,42-47,49-53H,7-17,22-23H2,1-6H3/t25-,26-,28-,30+,31-,33-,34+,35+,36+,37+,38-,39+,40+,42-,43-/m0/s1. The Balaban J connectivity index is 1.92. The number of hydrogen-bond acceptors (Lipinski definition) is 18. The van der Waals surface area contributed by atoms with Crippen LogP contribution in [0.4, 0.5) is 5.69 Å². The van der Waals surface area contributed by atoms with Gasteiger partial charge < -0.3 is 79.3 Å². The SMILES string of the molecule is CCC[C@H](O)CCCCCCCCCC(=O)O[C@H]1[C@H](O[C@@H](CNc2ccc(OC)cc2)[C@@H](O)[C@H](O)[C@H](O)CO)O[C@@H](C)[C@H](OC(=O)C(C)C)[C@H]1O[C@@H]1O[C@@H](C)[C@H](O)[C@@H](O)[C@H]1O. The summed E-state index contributed by atoms with van der Waals surface area (Å²) in [4.78, 5) is 26.8. The molecule has 18 nitrogen and oxygen atoms in total. The zero-order valence-corrected chi connectivity index (χ0v) is 36.5. The van der Waals surface area contributed by atoms with Gasteiger partial charge >= 0.3 is 11.9 Å². The fraction of sp³-hybridized carbons (Fsp3) is 0.814. The summed E-state index contributed by atoms with van der Waals surface area (Å²) in [7, 11) is 1.51. The van der Waals surface area contributed by atoms with Gasteiger partial charge in [0.2, 0.25) is 0 Å². The van der Waals surface area contributed by atoms with E-state index in [2.05, 4.69) is 5.32 Å². The summed E-state index contributed by atoms with van der Waals surface area (Å²) in [6, 6.07) is 6.73. The highest BCUT2D eigenvalue weighted by atomic mass is 16.8. The predicted octanol–water partition coefficient (Wildman–Crippen LogP) is 1.68. The molecule has 0 aromatic heterocycles. The molecule has 0 unspecified atom stereocenters. The average molecular weight is 876 g/mol. The summed E-state index contributed by atoms with van der Waals surface area (Å²) >= 11 is 0. The molecule has 2 aliphatic rings. The molecule has 1 aromatic carbocycles. The molecule has 0 aliphatic carbocycles. The van der Waals surface area contributed by atoms with Gasteiger partial charge in [-0.05, 0) is 57.4 Å². The quantitative estimate of drug-likeness (QED) is 0.0449. The van der Waals surface area contributed by atoms with Crippen molar-refractivity contribution in [1.82, 2.24) is 0 Å². The van der Waals surface area contributed by atoms with Crippen molar-refractivity contribution in [1.29, 1.82) is 0 Å². The van der Waals surface area contributed by atoms with Crippen molar-refractivity contribution in [2.24, 2.45) is 5.92 Å². The smallest absolute Gasteiger partial charge is 0.308 e. The molecule has 0 saturated carbocycles. The molecule has 1 aromatic rings. The maximum atomic E-state index is 13.7. The molecule has 0 radical (unpaired) electrons. The van der Waals surface area contributed by atoms with Crippen molar-refractivity contribution in [3.8, 4) is 5.75 Å². The Morgan fingerprint density at radius 1 is 0.754 bits per heavy atom. The summed E-state index contributed by atoms with van der Waals surface area (Å²) in [6.45, 7) is 7.12. The number of anilines is 1. The van der Waals surface area contributed by atoms with Crippen LogP contribution < -0.4 is 10.1 Å². The monoisotopic (exact) mass is 875 g/mol. The Hall–Kier alpha value is -2.72. The zero-order chi connectivity index (χ0) is 45.2. The highest BCUT2D eigenvalue weighted by molar-refractivity contribution is 5.72. The van der Waals surface area contributed by atoms with Crippen molar-refractivity contribution in [2.45, 2.75) is 197 Å². The van der Waals surface area contributed by atoms with Crippen molar-refractivity contribution in [3.63, 3.8) is 0 Å². The summed E-state index contributed by atoms with van der Waals surface area (Å²) in [5.74, 6) is -1.41. The fourth-order valence-corrected chi connectivity index (χ4v) is 7.20. The van der Waals surface area contributed by atoms with Crippen molar-refractivity contribution >= 4 is 17.6 Å². The normalized spacial score (nSPS) is 29.3. The fourth-order valence-electron chi connectivity index (χ4n) is 7.20. The van der Waals surface area contributed by atoms with Gasteiger partial charge in [-0.1, -0.05) is 65.7 Å². The van der Waals surface area contributed by atoms with Crippen LogP contribution in [0.15, 0.2) is 24.3 Å². The van der Waals surface area contributed by atoms with E-state index in [9.17, 15) is 50.4 Å². The number of hydrogen-bond donors (Lipinski definition) is 9. The predicted molar refractivity (Wildman–Crippen MR) is 220 cm³/mol. The van der Waals surface area contributed by atoms with Crippen LogP contribution in [0.5, 0.6) is 5.75 Å². The molecule has 15 atom stereocenters. The number of nitrogens with one attached hydrogen (secondary N) is 1. The molecule has 352 valence electrons. The van der Waals surface area contributed by atoms with Crippen LogP contribution in [-0.4, -0.2) is 165 Å². The number of benzene rings is 1. The van der Waals surface area contributed by atoms with Gasteiger partial charge in [0.1, 0.15) is 54.6 Å². The van der Waals surface area contributed by atoms with E-state index in [0.29, 0.717) is 17.9 Å². The number of carbonyl (C=O) groups is 2. The van der Waals surface area contributed by atoms with E-state index in [4.69, 9.17) is 33.2 Å². The maximum absolute atomic E-state index is 13.7. The average Bonchev–Trinajstić information content (AvgIpc) is 3.24. The van der Waals surface area contributed by atoms with Gasteiger partial charge in [0, 0.05) is 18.7 Å². The first kappa shape index (κ1) is 52.6. The highest BCUT2D eigenvalue weighted by Gasteiger charge is 2.54. The second-order valence-corrected chi connectivity index (χ2v) is 16.5. The Kier molecular flexibility index (Phi) is 23.1. The topological polar surface area (TPSA) is 273 Å². The highest BCUT2D eigenvalue weighted by Crippen LogP contribution is 2.34. The minimum absolute atomic E-state index is 0.0396. The van der Waals surface area contributed by atoms with Gasteiger partial charge in [0.25, 0.3) is 0 Å². The van der Waals surface area contributed by atoms with E-state index in [1.54, 1.807) is 38.1 Å². The van der Waals surface area contributed by atoms with Gasteiger partial charge in [-0.2, -0.15) is 0 Å². The number of methoxy groups -OCH3 is 1. The molecule has 61 heavy (non-hydrogen) atoms. The van der Waals surface area contributed by atoms with Crippen LogP contribution in [-0.2, 0) is 38.0 Å². The van der Waals surface area contributed by atoms with Crippen LogP contribution in [0, 0.1) is 5.92 Å². The van der Waals surface area contributed by atoms with Gasteiger partial charge in [-0.3, -0.25) is 9.59 Å². The molecular weight excluding hydrogens is 802 g/mol. The van der Waals surface area contributed by atoms with Gasteiger partial charge in [0.05, 0.1) is 37.9 Å². The van der Waals surface area contributed by atoms with Crippen LogP contribution in [0.25, 0.3) is 0 Å². The molecule has 0 bridgehead atoms. The molecule has 3 rings (SSSR count). The number of unbranched alkanes of at least 4 members (excludes halogenated alkanes) is 6. The lowest BCUT2D eigenvalue weighted by Gasteiger charge is -2.48. The molecule has 0 spiro atoms. The van der Waals surface area contributed by atoms with E-state index in [1.807, 2.05) is 6.92 Å². The Bertz CT molecular complexity index is 1390. The third kappa shape index (κ3) is 16.4. The number of carbonyl (C=O) groups excluding carboxylic acids is 2. The number of esters is 2. The first-order chi connectivity index (χ1) is 29.0. The lowest BCUT2D eigenvalue weighted by molar-refractivity contribution is -0.361. The van der Waals surface area contributed by atoms with Crippen molar-refractivity contribution in [3.05, 3.63) is 24.3 Å². The zero-order valence-electron chi connectivity index (χ0n) is 36.5. The number of aliphatic hydroxyl groups excluding tert-OH is 8. The van der Waals surface area contributed by atoms with Gasteiger partial charge in [0.15, 0.2) is 24.8 Å². The number of ether oxygens (including phenoxy) is 7. The molecular formula is C43H73NO17. The van der Waals surface area contributed by atoms with E-state index >= 15 is 0 Å². The molecule has 0 amide bonds. The third-order valence-electron chi connectivity index (χ3n) is 11.1. The third-order valence-corrected chi connectivity index (χ3v) is 11.1. The summed E-state index contributed by atoms with van der Waals surface area (Å²) < 4.78 is 41.7. The van der Waals surface area contributed by atoms with E-state index < -0.39 is 110 Å². The summed E-state index contributed by atoms with van der Waals surface area (Å²) in [5.41, 5.74) is 0.547. The van der Waals surface area contributed by atoms with E-state index in [-0.39, 0.29) is 19.1 Å². The summed E-state index contributed by atoms with van der Waals surface area (Å²) in [5, 5.41) is 87.1. The Morgan fingerprint density at radius 2 is 1.38 bits per heavy atom. The van der Waals surface area contributed by atoms with Crippen LogP contribution in [0.1, 0.15) is 105 Å². The van der Waals surface area contributed by atoms with Gasteiger partial charge in [-0.15, -0.1) is 0 Å². The molecule has 2 heterocycles. The van der Waals surface area contributed by atoms with Crippen molar-refractivity contribution < 1.29 is 83.6 Å². The Morgan fingerprint density at radius 3 is 1.98 bits per heavy atom. The molecule has 2 saturated heterocycles. The van der Waals surface area contributed by atoms with Crippen LogP contribution in [0.2, 0.25) is 0 Å². The number of aliphatic hydroxyl groups is 8. The van der Waals surface area contributed by atoms with Crippen LogP contribution in [0.3, 0.4) is 0 Å². The second kappa shape index (κ2) is 26.8. The lowest BCUT2D eigenvalue weighted by atomic mass is 9.96. The van der Waals surface area contributed by atoms with E-state index in [0.717, 1.165) is 57.8 Å². The lowest BCUT2D eigenvalue weighted by Crippen LogP contribution is -2.65. The molecule has 2 aliphatic heterocycles. The largest absolute Gasteiger partial charge is 0.497 e.